The first-order valence-electron chi connectivity index (χ1n) is 8.44. The van der Waals surface area contributed by atoms with E-state index < -0.39 is 28.9 Å². The zero-order valence-corrected chi connectivity index (χ0v) is 16.1. The Bertz CT molecular complexity index is 885. The Kier molecular flexibility index (Phi) is 6.56. The van der Waals surface area contributed by atoms with Gasteiger partial charge in [0.15, 0.2) is 11.5 Å². The lowest BCUT2D eigenvalue weighted by Crippen LogP contribution is -2.45. The van der Waals surface area contributed by atoms with Crippen LogP contribution in [-0.2, 0) is 16.1 Å². The van der Waals surface area contributed by atoms with Gasteiger partial charge in [0.1, 0.15) is 17.0 Å². The minimum atomic E-state index is -1.49. The minimum absolute atomic E-state index is 0.154. The summed E-state index contributed by atoms with van der Waals surface area (Å²) >= 11 is 0. The molecule has 0 spiro atoms. The molecule has 0 radical (unpaired) electrons. The van der Waals surface area contributed by atoms with Crippen molar-refractivity contribution in [3.63, 3.8) is 0 Å². The molecule has 2 aromatic rings. The number of hydrogen-bond acceptors (Lipinski definition) is 4. The van der Waals surface area contributed by atoms with Crippen LogP contribution in [0.5, 0.6) is 11.5 Å². The third kappa shape index (κ3) is 4.76. The van der Waals surface area contributed by atoms with Crippen LogP contribution in [-0.4, -0.2) is 26.0 Å². The summed E-state index contributed by atoms with van der Waals surface area (Å²) in [6, 6.07) is 7.93. The van der Waals surface area contributed by atoms with E-state index in [1.54, 1.807) is 18.2 Å². The van der Waals surface area contributed by atoms with Gasteiger partial charge < -0.3 is 20.1 Å². The minimum Gasteiger partial charge on any atom is -0.493 e. The lowest BCUT2D eigenvalue weighted by Gasteiger charge is -2.23. The quantitative estimate of drug-likeness (QED) is 0.709. The molecule has 0 aromatic heterocycles. The standard InChI is InChI=1S/C20H22F2N2O4/c1-20(2,19(26)24-15-7-6-13(21)10-14(15)22)18(25)23-11-12-5-8-16(27-3)17(9-12)28-4/h5-10H,11H2,1-4H3,(H,23,25)(H,24,26). The fourth-order valence-electron chi connectivity index (χ4n) is 2.37. The topological polar surface area (TPSA) is 76.7 Å². The molecule has 150 valence electrons. The SMILES string of the molecule is COc1ccc(CNC(=O)C(C)(C)C(=O)Nc2ccc(F)cc2F)cc1OC. The zero-order chi connectivity index (χ0) is 20.9. The van der Waals surface area contributed by atoms with Gasteiger partial charge in [-0.25, -0.2) is 8.78 Å². The maximum Gasteiger partial charge on any atom is 0.239 e. The second-order valence-electron chi connectivity index (χ2n) is 6.58. The molecule has 0 saturated heterocycles. The predicted octanol–water partition coefficient (Wildman–Crippen LogP) is 3.26. The predicted molar refractivity (Wildman–Crippen MR) is 100 cm³/mol. The monoisotopic (exact) mass is 392 g/mol. The summed E-state index contributed by atoms with van der Waals surface area (Å²) in [6.45, 7) is 2.97. The van der Waals surface area contributed by atoms with Crippen molar-refractivity contribution in [1.82, 2.24) is 5.32 Å². The molecule has 0 unspecified atom stereocenters. The molecule has 6 nitrogen and oxygen atoms in total. The number of carbonyl (C=O) groups is 2. The first kappa shape index (κ1) is 21.1. The van der Waals surface area contributed by atoms with Crippen molar-refractivity contribution >= 4 is 17.5 Å². The highest BCUT2D eigenvalue weighted by molar-refractivity contribution is 6.09. The molecular formula is C20H22F2N2O4. The molecule has 0 aliphatic carbocycles. The van der Waals surface area contributed by atoms with Gasteiger partial charge in [-0.05, 0) is 43.7 Å². The summed E-state index contributed by atoms with van der Waals surface area (Å²) in [4.78, 5) is 24.9. The van der Waals surface area contributed by atoms with Gasteiger partial charge in [0.2, 0.25) is 11.8 Å². The van der Waals surface area contributed by atoms with Gasteiger partial charge in [0.25, 0.3) is 0 Å². The van der Waals surface area contributed by atoms with E-state index in [4.69, 9.17) is 9.47 Å². The van der Waals surface area contributed by atoms with E-state index in [1.165, 1.54) is 28.1 Å². The summed E-state index contributed by atoms with van der Waals surface area (Å²) in [7, 11) is 3.02. The Morgan fingerprint density at radius 1 is 0.964 bits per heavy atom. The summed E-state index contributed by atoms with van der Waals surface area (Å²) in [5, 5.41) is 4.98. The van der Waals surface area contributed by atoms with Crippen LogP contribution < -0.4 is 20.1 Å². The van der Waals surface area contributed by atoms with Crippen molar-refractivity contribution < 1.29 is 27.8 Å². The van der Waals surface area contributed by atoms with Crippen molar-refractivity contribution in [1.29, 1.82) is 0 Å². The highest BCUT2D eigenvalue weighted by Crippen LogP contribution is 2.28. The number of hydrogen-bond donors (Lipinski definition) is 2. The number of rotatable bonds is 7. The van der Waals surface area contributed by atoms with Gasteiger partial charge in [0.05, 0.1) is 19.9 Å². The molecule has 0 fully saturated rings. The number of benzene rings is 2. The van der Waals surface area contributed by atoms with Crippen LogP contribution in [0.4, 0.5) is 14.5 Å². The average molecular weight is 392 g/mol. The Morgan fingerprint density at radius 3 is 2.25 bits per heavy atom. The third-order valence-electron chi connectivity index (χ3n) is 4.22. The summed E-state index contributed by atoms with van der Waals surface area (Å²) < 4.78 is 37.1. The fourth-order valence-corrected chi connectivity index (χ4v) is 2.37. The molecule has 0 bridgehead atoms. The van der Waals surface area contributed by atoms with Gasteiger partial charge in [-0.1, -0.05) is 6.07 Å². The van der Waals surface area contributed by atoms with Crippen LogP contribution >= 0.6 is 0 Å². The lowest BCUT2D eigenvalue weighted by atomic mass is 9.90. The number of carbonyl (C=O) groups excluding carboxylic acids is 2. The molecular weight excluding hydrogens is 370 g/mol. The first-order valence-corrected chi connectivity index (χ1v) is 8.44. The van der Waals surface area contributed by atoms with E-state index in [2.05, 4.69) is 10.6 Å². The Hall–Kier alpha value is -3.16. The molecule has 2 amide bonds. The van der Waals surface area contributed by atoms with Crippen molar-refractivity contribution in [2.45, 2.75) is 20.4 Å². The maximum atomic E-state index is 13.7. The van der Waals surface area contributed by atoms with Crippen LogP contribution in [0.1, 0.15) is 19.4 Å². The molecule has 0 saturated carbocycles. The summed E-state index contributed by atoms with van der Waals surface area (Å²) in [5.41, 5.74) is -0.948. The molecule has 2 N–H and O–H groups in total. The zero-order valence-electron chi connectivity index (χ0n) is 16.1. The number of methoxy groups -OCH3 is 2. The molecule has 2 rings (SSSR count). The van der Waals surface area contributed by atoms with Crippen molar-refractivity contribution in [2.75, 3.05) is 19.5 Å². The molecule has 0 heterocycles. The van der Waals surface area contributed by atoms with Crippen molar-refractivity contribution in [3.05, 3.63) is 53.6 Å². The van der Waals surface area contributed by atoms with E-state index >= 15 is 0 Å². The third-order valence-corrected chi connectivity index (χ3v) is 4.22. The van der Waals surface area contributed by atoms with Crippen molar-refractivity contribution in [2.24, 2.45) is 5.41 Å². The molecule has 28 heavy (non-hydrogen) atoms. The van der Waals surface area contributed by atoms with Gasteiger partial charge in [-0.2, -0.15) is 0 Å². The molecule has 2 aromatic carbocycles. The number of anilines is 1. The lowest BCUT2D eigenvalue weighted by molar-refractivity contribution is -0.138. The van der Waals surface area contributed by atoms with E-state index in [1.807, 2.05) is 0 Å². The number of amides is 2. The largest absolute Gasteiger partial charge is 0.493 e. The Labute approximate surface area is 161 Å². The molecule has 0 aliphatic rings. The highest BCUT2D eigenvalue weighted by Gasteiger charge is 2.36. The Morgan fingerprint density at radius 2 is 1.64 bits per heavy atom. The Balaban J connectivity index is 2.04. The smallest absolute Gasteiger partial charge is 0.239 e. The van der Waals surface area contributed by atoms with E-state index in [0.29, 0.717) is 17.6 Å². The maximum absolute atomic E-state index is 13.7. The van der Waals surface area contributed by atoms with E-state index in [0.717, 1.165) is 17.7 Å². The molecule has 0 aliphatic heterocycles. The van der Waals surface area contributed by atoms with E-state index in [-0.39, 0.29) is 12.2 Å². The van der Waals surface area contributed by atoms with Crippen LogP contribution in [0.2, 0.25) is 0 Å². The van der Waals surface area contributed by atoms with Gasteiger partial charge in [-0.3, -0.25) is 9.59 Å². The van der Waals surface area contributed by atoms with Crippen LogP contribution in [0.25, 0.3) is 0 Å². The average Bonchev–Trinajstić information content (AvgIpc) is 2.67. The summed E-state index contributed by atoms with van der Waals surface area (Å²) in [5.74, 6) is -1.89. The first-order chi connectivity index (χ1) is 13.2. The van der Waals surface area contributed by atoms with Crippen molar-refractivity contribution in [3.8, 4) is 11.5 Å². The highest BCUT2D eigenvalue weighted by atomic mass is 19.1. The molecule has 8 heteroatoms. The van der Waals surface area contributed by atoms with Gasteiger partial charge >= 0.3 is 0 Å². The second-order valence-corrected chi connectivity index (χ2v) is 6.58. The molecule has 0 atom stereocenters. The summed E-state index contributed by atoms with van der Waals surface area (Å²) in [6.07, 6.45) is 0. The number of ether oxygens (including phenoxy) is 2. The normalized spacial score (nSPS) is 10.9. The van der Waals surface area contributed by atoms with E-state index in [9.17, 15) is 18.4 Å². The van der Waals surface area contributed by atoms with Crippen LogP contribution in [0, 0.1) is 17.0 Å². The van der Waals surface area contributed by atoms with Crippen LogP contribution in [0.3, 0.4) is 0 Å². The van der Waals surface area contributed by atoms with Crippen LogP contribution in [0.15, 0.2) is 36.4 Å². The number of nitrogens with one attached hydrogen (secondary N) is 2. The fraction of sp³-hybridized carbons (Fsp3) is 0.300. The van der Waals surface area contributed by atoms with Gasteiger partial charge in [0, 0.05) is 12.6 Å². The second kappa shape index (κ2) is 8.69. The number of halogens is 2. The van der Waals surface area contributed by atoms with Gasteiger partial charge in [-0.15, -0.1) is 0 Å².